The van der Waals surface area contributed by atoms with E-state index in [1.807, 2.05) is 0 Å². The van der Waals surface area contributed by atoms with Crippen LogP contribution in [0.4, 0.5) is 0 Å². The maximum atomic E-state index is 12.5. The first kappa shape index (κ1) is 18.9. The average molecular weight is 313 g/mol. The Balaban J connectivity index is 2.55. The van der Waals surface area contributed by atoms with Crippen LogP contribution < -0.4 is 5.32 Å². The number of nitrogens with one attached hydrogen (secondary N) is 1. The third-order valence-electron chi connectivity index (χ3n) is 4.62. The molecule has 5 nitrogen and oxygen atoms in total. The zero-order valence-corrected chi connectivity index (χ0v) is 14.3. The van der Waals surface area contributed by atoms with Crippen molar-refractivity contribution < 1.29 is 19.4 Å². The minimum Gasteiger partial charge on any atom is -0.464 e. The van der Waals surface area contributed by atoms with E-state index in [9.17, 15) is 9.59 Å². The lowest BCUT2D eigenvalue weighted by Crippen LogP contribution is -2.46. The highest BCUT2D eigenvalue weighted by molar-refractivity contribution is 5.85. The van der Waals surface area contributed by atoms with Crippen molar-refractivity contribution >= 4 is 11.9 Å². The van der Waals surface area contributed by atoms with Crippen molar-refractivity contribution in [2.24, 2.45) is 23.7 Å². The van der Waals surface area contributed by atoms with Crippen LogP contribution in [0.3, 0.4) is 0 Å². The van der Waals surface area contributed by atoms with Crippen LogP contribution in [-0.4, -0.2) is 36.2 Å². The van der Waals surface area contributed by atoms with Gasteiger partial charge in [0.2, 0.25) is 5.91 Å². The summed E-state index contributed by atoms with van der Waals surface area (Å²) in [5, 5.41) is 11.5. The Labute approximate surface area is 133 Å². The smallest absolute Gasteiger partial charge is 0.328 e. The molecule has 2 unspecified atom stereocenters. The zero-order chi connectivity index (χ0) is 16.7. The number of hydrogen-bond acceptors (Lipinski definition) is 4. The van der Waals surface area contributed by atoms with Gasteiger partial charge in [-0.05, 0) is 37.5 Å². The van der Waals surface area contributed by atoms with Crippen molar-refractivity contribution in [3.63, 3.8) is 0 Å². The topological polar surface area (TPSA) is 75.6 Å². The van der Waals surface area contributed by atoms with Crippen LogP contribution in [0.25, 0.3) is 0 Å². The first-order chi connectivity index (χ1) is 10.4. The van der Waals surface area contributed by atoms with E-state index in [4.69, 9.17) is 9.84 Å². The highest BCUT2D eigenvalue weighted by Crippen LogP contribution is 2.38. The van der Waals surface area contributed by atoms with Crippen molar-refractivity contribution in [1.29, 1.82) is 0 Å². The van der Waals surface area contributed by atoms with Crippen molar-refractivity contribution in [2.45, 2.75) is 59.4 Å². The van der Waals surface area contributed by atoms with E-state index >= 15 is 0 Å². The van der Waals surface area contributed by atoms with E-state index < -0.39 is 12.0 Å². The van der Waals surface area contributed by atoms with Gasteiger partial charge in [-0.25, -0.2) is 4.79 Å². The molecule has 4 atom stereocenters. The third kappa shape index (κ3) is 5.59. The number of ether oxygens (including phenoxy) is 1. The van der Waals surface area contributed by atoms with Gasteiger partial charge in [0, 0.05) is 18.9 Å². The van der Waals surface area contributed by atoms with E-state index in [-0.39, 0.29) is 25.0 Å². The normalized spacial score (nSPS) is 26.5. The quantitative estimate of drug-likeness (QED) is 0.557. The lowest BCUT2D eigenvalue weighted by Gasteiger charge is -2.36. The van der Waals surface area contributed by atoms with Gasteiger partial charge in [0.15, 0.2) is 0 Å². The number of aliphatic hydroxyl groups excluding tert-OH is 1. The lowest BCUT2D eigenvalue weighted by atomic mass is 9.69. The highest BCUT2D eigenvalue weighted by Gasteiger charge is 2.36. The van der Waals surface area contributed by atoms with Gasteiger partial charge in [0.05, 0.1) is 6.61 Å². The van der Waals surface area contributed by atoms with E-state index in [2.05, 4.69) is 26.1 Å². The molecule has 2 N–H and O–H groups in total. The summed E-state index contributed by atoms with van der Waals surface area (Å²) in [6.45, 7) is 8.33. The predicted molar refractivity (Wildman–Crippen MR) is 85.1 cm³/mol. The van der Waals surface area contributed by atoms with Crippen molar-refractivity contribution in [1.82, 2.24) is 5.32 Å². The van der Waals surface area contributed by atoms with Gasteiger partial charge in [-0.1, -0.05) is 27.2 Å². The fourth-order valence-corrected chi connectivity index (χ4v) is 3.25. The van der Waals surface area contributed by atoms with E-state index in [1.165, 1.54) is 6.42 Å². The number of carbonyl (C=O) groups is 2. The van der Waals surface area contributed by atoms with E-state index in [0.29, 0.717) is 24.2 Å². The van der Waals surface area contributed by atoms with Crippen molar-refractivity contribution in [3.05, 3.63) is 0 Å². The van der Waals surface area contributed by atoms with Crippen LogP contribution in [0.2, 0.25) is 0 Å². The van der Waals surface area contributed by atoms with Crippen LogP contribution in [0, 0.1) is 23.7 Å². The first-order valence-electron chi connectivity index (χ1n) is 8.44. The average Bonchev–Trinajstić information content (AvgIpc) is 2.46. The standard InChI is InChI=1S/C17H31NO4/c1-11(2)14-7-6-12(3)10-15(14)16(20)18-13(4)17(21)22-9-5-8-19/h11-15,19H,5-10H2,1-4H3,(H,18,20)/t12-,13-,14?,15?/m1/s1. The van der Waals surface area contributed by atoms with Crippen molar-refractivity contribution in [3.8, 4) is 0 Å². The highest BCUT2D eigenvalue weighted by atomic mass is 16.5. The Kier molecular flexibility index (Phi) is 7.87. The van der Waals surface area contributed by atoms with Gasteiger partial charge >= 0.3 is 5.97 Å². The Bertz CT molecular complexity index is 370. The molecule has 0 saturated heterocycles. The van der Waals surface area contributed by atoms with Crippen LogP contribution in [0.1, 0.15) is 53.4 Å². The molecule has 1 aliphatic rings. The minimum absolute atomic E-state index is 0.00987. The second-order valence-electron chi connectivity index (χ2n) is 6.91. The van der Waals surface area contributed by atoms with Crippen LogP contribution >= 0.6 is 0 Å². The number of rotatable bonds is 7. The van der Waals surface area contributed by atoms with E-state index in [1.54, 1.807) is 6.92 Å². The SMILES string of the molecule is CC(C)C1CC[C@@H](C)CC1C(=O)N[C@H](C)C(=O)OCCCO. The number of aliphatic hydroxyl groups is 1. The molecule has 0 aromatic carbocycles. The second kappa shape index (κ2) is 9.13. The fourth-order valence-electron chi connectivity index (χ4n) is 3.25. The van der Waals surface area contributed by atoms with Crippen LogP contribution in [-0.2, 0) is 14.3 Å². The Morgan fingerprint density at radius 2 is 1.95 bits per heavy atom. The molecule has 0 aliphatic heterocycles. The van der Waals surface area contributed by atoms with E-state index in [0.717, 1.165) is 12.8 Å². The summed E-state index contributed by atoms with van der Waals surface area (Å²) in [7, 11) is 0. The third-order valence-corrected chi connectivity index (χ3v) is 4.62. The second-order valence-corrected chi connectivity index (χ2v) is 6.91. The summed E-state index contributed by atoms with van der Waals surface area (Å²) in [5.41, 5.74) is 0. The summed E-state index contributed by atoms with van der Waals surface area (Å²) < 4.78 is 5.01. The first-order valence-corrected chi connectivity index (χ1v) is 8.44. The van der Waals surface area contributed by atoms with Crippen LogP contribution in [0.15, 0.2) is 0 Å². The Morgan fingerprint density at radius 3 is 2.55 bits per heavy atom. The summed E-state index contributed by atoms with van der Waals surface area (Å²) in [4.78, 5) is 24.3. The van der Waals surface area contributed by atoms with Gasteiger partial charge in [-0.3, -0.25) is 4.79 Å². The van der Waals surface area contributed by atoms with Crippen LogP contribution in [0.5, 0.6) is 0 Å². The lowest BCUT2D eigenvalue weighted by molar-refractivity contribution is -0.148. The summed E-state index contributed by atoms with van der Waals surface area (Å²) in [5.74, 6) is 0.918. The minimum atomic E-state index is -0.642. The summed E-state index contributed by atoms with van der Waals surface area (Å²) in [6, 6.07) is -0.642. The molecular formula is C17H31NO4. The fraction of sp³-hybridized carbons (Fsp3) is 0.882. The Hall–Kier alpha value is -1.10. The molecule has 1 amide bonds. The predicted octanol–water partition coefficient (Wildman–Crippen LogP) is 2.13. The maximum absolute atomic E-state index is 12.5. The molecule has 1 fully saturated rings. The molecule has 0 heterocycles. The molecule has 1 aliphatic carbocycles. The molecule has 0 radical (unpaired) electrons. The number of carbonyl (C=O) groups excluding carboxylic acids is 2. The van der Waals surface area contributed by atoms with Gasteiger partial charge in [0.1, 0.15) is 6.04 Å². The zero-order valence-electron chi connectivity index (χ0n) is 14.3. The van der Waals surface area contributed by atoms with Gasteiger partial charge in [-0.2, -0.15) is 0 Å². The Morgan fingerprint density at radius 1 is 1.27 bits per heavy atom. The largest absolute Gasteiger partial charge is 0.464 e. The number of esters is 1. The molecule has 128 valence electrons. The molecule has 22 heavy (non-hydrogen) atoms. The molecule has 1 rings (SSSR count). The molecule has 1 saturated carbocycles. The number of hydrogen-bond donors (Lipinski definition) is 2. The molecule has 0 aromatic rings. The molecule has 0 aromatic heterocycles. The van der Waals surface area contributed by atoms with Gasteiger partial charge in [0.25, 0.3) is 0 Å². The summed E-state index contributed by atoms with van der Waals surface area (Å²) >= 11 is 0. The molecular weight excluding hydrogens is 282 g/mol. The summed E-state index contributed by atoms with van der Waals surface area (Å²) in [6.07, 6.45) is 3.56. The van der Waals surface area contributed by atoms with Gasteiger partial charge < -0.3 is 15.2 Å². The number of amides is 1. The maximum Gasteiger partial charge on any atom is 0.328 e. The molecule has 5 heteroatoms. The monoisotopic (exact) mass is 313 g/mol. The van der Waals surface area contributed by atoms with Crippen molar-refractivity contribution in [2.75, 3.05) is 13.2 Å². The molecule has 0 bridgehead atoms. The molecule has 0 spiro atoms. The van der Waals surface area contributed by atoms with Gasteiger partial charge in [-0.15, -0.1) is 0 Å².